The van der Waals surface area contributed by atoms with Crippen LogP contribution in [0.25, 0.3) is 0 Å². The molecule has 1 N–H and O–H groups in total. The largest absolute Gasteiger partial charge is 0.301 e. The number of nitrogens with one attached hydrogen (secondary N) is 1. The minimum Gasteiger partial charge on any atom is -0.301 e. The summed E-state index contributed by atoms with van der Waals surface area (Å²) in [7, 11) is 0. The van der Waals surface area contributed by atoms with Gasteiger partial charge in [-0.3, -0.25) is 4.79 Å². The summed E-state index contributed by atoms with van der Waals surface area (Å²) in [5.41, 5.74) is 0.926. The fourth-order valence-corrected chi connectivity index (χ4v) is 2.67. The average molecular weight is 316 g/mol. The van der Waals surface area contributed by atoms with Gasteiger partial charge in [-0.05, 0) is 17.7 Å². The normalized spacial score (nSPS) is 10.5. The molecule has 0 unspecified atom stereocenters. The molecule has 0 bridgehead atoms. The molecule has 100 valence electrons. The zero-order valence-corrected chi connectivity index (χ0v) is 12.4. The van der Waals surface area contributed by atoms with Crippen molar-refractivity contribution in [2.24, 2.45) is 0 Å². The summed E-state index contributed by atoms with van der Waals surface area (Å²) in [6.07, 6.45) is 0.980. The van der Waals surface area contributed by atoms with Gasteiger partial charge in [0.05, 0.1) is 0 Å². The van der Waals surface area contributed by atoms with Crippen molar-refractivity contribution in [3.05, 3.63) is 38.8 Å². The van der Waals surface area contributed by atoms with Crippen molar-refractivity contribution in [3.63, 3.8) is 0 Å². The standard InChI is InChI=1S/C12H11Cl2N3OS/c1-2-10(18)15-12-17-16-11(19-12)5-7-3-4-8(13)6-9(7)14/h3-4,6H,2,5H2,1H3,(H,15,17,18). The first-order valence-corrected chi connectivity index (χ1v) is 7.22. The predicted octanol–water partition coefficient (Wildman–Crippen LogP) is 3.78. The summed E-state index contributed by atoms with van der Waals surface area (Å²) in [4.78, 5) is 11.2. The van der Waals surface area contributed by atoms with Crippen LogP contribution in [0.4, 0.5) is 5.13 Å². The Balaban J connectivity index is 2.09. The summed E-state index contributed by atoms with van der Waals surface area (Å²) in [5.74, 6) is -0.0766. The molecule has 0 atom stereocenters. The number of hydrogen-bond donors (Lipinski definition) is 1. The van der Waals surface area contributed by atoms with Crippen LogP contribution in [0.2, 0.25) is 10.0 Å². The molecule has 1 aromatic heterocycles. The number of aromatic nitrogens is 2. The van der Waals surface area contributed by atoms with E-state index in [-0.39, 0.29) is 5.91 Å². The predicted molar refractivity (Wildman–Crippen MR) is 78.1 cm³/mol. The van der Waals surface area contributed by atoms with Crippen LogP contribution < -0.4 is 5.32 Å². The molecule has 7 heteroatoms. The zero-order chi connectivity index (χ0) is 13.8. The molecular weight excluding hydrogens is 305 g/mol. The summed E-state index contributed by atoms with van der Waals surface area (Å²) < 4.78 is 0. The molecule has 1 heterocycles. The van der Waals surface area contributed by atoms with Gasteiger partial charge in [0.1, 0.15) is 5.01 Å². The van der Waals surface area contributed by atoms with Crippen LogP contribution in [0.15, 0.2) is 18.2 Å². The van der Waals surface area contributed by atoms with Crippen LogP contribution >= 0.6 is 34.5 Å². The molecule has 0 radical (unpaired) electrons. The maximum absolute atomic E-state index is 11.2. The molecule has 0 fully saturated rings. The topological polar surface area (TPSA) is 54.9 Å². The summed E-state index contributed by atoms with van der Waals surface area (Å²) >= 11 is 13.3. The lowest BCUT2D eigenvalue weighted by Crippen LogP contribution is -2.08. The van der Waals surface area contributed by atoms with Crippen molar-refractivity contribution in [1.29, 1.82) is 0 Å². The molecule has 0 aliphatic rings. The van der Waals surface area contributed by atoms with E-state index in [4.69, 9.17) is 23.2 Å². The smallest absolute Gasteiger partial charge is 0.225 e. The van der Waals surface area contributed by atoms with E-state index in [0.29, 0.717) is 28.0 Å². The van der Waals surface area contributed by atoms with Gasteiger partial charge in [0.2, 0.25) is 11.0 Å². The number of carbonyl (C=O) groups is 1. The Labute approximate surface area is 124 Å². The van der Waals surface area contributed by atoms with E-state index in [0.717, 1.165) is 10.6 Å². The lowest BCUT2D eigenvalue weighted by Gasteiger charge is -2.01. The third-order valence-electron chi connectivity index (χ3n) is 2.39. The number of nitrogens with zero attached hydrogens (tertiary/aromatic N) is 2. The van der Waals surface area contributed by atoms with Gasteiger partial charge in [0, 0.05) is 22.9 Å². The van der Waals surface area contributed by atoms with Gasteiger partial charge in [0.25, 0.3) is 0 Å². The highest BCUT2D eigenvalue weighted by atomic mass is 35.5. The second kappa shape index (κ2) is 6.32. The molecule has 0 spiro atoms. The first-order valence-electron chi connectivity index (χ1n) is 5.64. The van der Waals surface area contributed by atoms with Crippen molar-refractivity contribution in [2.75, 3.05) is 5.32 Å². The third kappa shape index (κ3) is 3.89. The fourth-order valence-electron chi connectivity index (χ4n) is 1.41. The van der Waals surface area contributed by atoms with Gasteiger partial charge >= 0.3 is 0 Å². The summed E-state index contributed by atoms with van der Waals surface area (Å²) in [5, 5.41) is 13.1. The van der Waals surface area contributed by atoms with Gasteiger partial charge in [0.15, 0.2) is 0 Å². The van der Waals surface area contributed by atoms with Gasteiger partial charge in [-0.25, -0.2) is 0 Å². The van der Waals surface area contributed by atoms with E-state index < -0.39 is 0 Å². The first-order chi connectivity index (χ1) is 9.08. The number of carbonyl (C=O) groups excluding carboxylic acids is 1. The zero-order valence-electron chi connectivity index (χ0n) is 10.1. The van der Waals surface area contributed by atoms with Gasteiger partial charge in [-0.15, -0.1) is 10.2 Å². The molecule has 19 heavy (non-hydrogen) atoms. The van der Waals surface area contributed by atoms with Crippen molar-refractivity contribution in [3.8, 4) is 0 Å². The molecule has 1 aromatic carbocycles. The van der Waals surface area contributed by atoms with E-state index in [2.05, 4.69) is 15.5 Å². The number of halogens is 2. The third-order valence-corrected chi connectivity index (χ3v) is 3.82. The lowest BCUT2D eigenvalue weighted by atomic mass is 10.2. The van der Waals surface area contributed by atoms with Gasteiger partial charge in [-0.2, -0.15) is 0 Å². The Morgan fingerprint density at radius 1 is 1.37 bits per heavy atom. The Kier molecular flexibility index (Phi) is 4.74. The molecule has 0 aliphatic carbocycles. The number of rotatable bonds is 4. The maximum atomic E-state index is 11.2. The second-order valence-electron chi connectivity index (χ2n) is 3.82. The molecule has 0 saturated carbocycles. The average Bonchev–Trinajstić information content (AvgIpc) is 2.80. The molecule has 2 aromatic rings. The van der Waals surface area contributed by atoms with Crippen LogP contribution in [0.3, 0.4) is 0 Å². The highest BCUT2D eigenvalue weighted by Crippen LogP contribution is 2.25. The SMILES string of the molecule is CCC(=O)Nc1nnc(Cc2ccc(Cl)cc2Cl)s1. The van der Waals surface area contributed by atoms with Crippen molar-refractivity contribution in [2.45, 2.75) is 19.8 Å². The maximum Gasteiger partial charge on any atom is 0.225 e. The van der Waals surface area contributed by atoms with Crippen LogP contribution in [-0.4, -0.2) is 16.1 Å². The monoisotopic (exact) mass is 315 g/mol. The van der Waals surface area contributed by atoms with Crippen LogP contribution in [0.5, 0.6) is 0 Å². The molecule has 2 rings (SSSR count). The number of amides is 1. The van der Waals surface area contributed by atoms with E-state index in [1.165, 1.54) is 11.3 Å². The molecule has 1 amide bonds. The minimum atomic E-state index is -0.0766. The first kappa shape index (κ1) is 14.2. The van der Waals surface area contributed by atoms with Crippen LogP contribution in [0, 0.1) is 0 Å². The van der Waals surface area contributed by atoms with Crippen LogP contribution in [0.1, 0.15) is 23.9 Å². The quantitative estimate of drug-likeness (QED) is 0.934. The number of anilines is 1. The Hall–Kier alpha value is -1.17. The number of hydrogen-bond acceptors (Lipinski definition) is 4. The van der Waals surface area contributed by atoms with E-state index in [1.54, 1.807) is 19.1 Å². The van der Waals surface area contributed by atoms with Crippen molar-refractivity contribution in [1.82, 2.24) is 10.2 Å². The van der Waals surface area contributed by atoms with Crippen molar-refractivity contribution < 1.29 is 4.79 Å². The Morgan fingerprint density at radius 2 is 2.16 bits per heavy atom. The lowest BCUT2D eigenvalue weighted by molar-refractivity contribution is -0.115. The molecule has 0 aliphatic heterocycles. The fraction of sp³-hybridized carbons (Fsp3) is 0.250. The van der Waals surface area contributed by atoms with E-state index >= 15 is 0 Å². The molecule has 4 nitrogen and oxygen atoms in total. The van der Waals surface area contributed by atoms with Crippen molar-refractivity contribution >= 4 is 45.6 Å². The van der Waals surface area contributed by atoms with Gasteiger partial charge < -0.3 is 5.32 Å². The van der Waals surface area contributed by atoms with Crippen LogP contribution in [-0.2, 0) is 11.2 Å². The highest BCUT2D eigenvalue weighted by molar-refractivity contribution is 7.15. The Morgan fingerprint density at radius 3 is 2.84 bits per heavy atom. The number of benzene rings is 1. The summed E-state index contributed by atoms with van der Waals surface area (Å²) in [6, 6.07) is 5.33. The molecule has 0 saturated heterocycles. The summed E-state index contributed by atoms with van der Waals surface area (Å²) in [6.45, 7) is 1.78. The van der Waals surface area contributed by atoms with E-state index in [9.17, 15) is 4.79 Å². The van der Waals surface area contributed by atoms with Gasteiger partial charge in [-0.1, -0.05) is 47.5 Å². The highest BCUT2D eigenvalue weighted by Gasteiger charge is 2.09. The minimum absolute atomic E-state index is 0.0766. The second-order valence-corrected chi connectivity index (χ2v) is 5.72. The molecular formula is C12H11Cl2N3OS. The Bertz CT molecular complexity index is 600. The van der Waals surface area contributed by atoms with E-state index in [1.807, 2.05) is 6.07 Å².